The number of aliphatic hydroxyl groups is 1. The number of hydrogen-bond donors (Lipinski definition) is 2. The number of rotatable bonds is 7. The Morgan fingerprint density at radius 2 is 1.71 bits per heavy atom. The third kappa shape index (κ3) is 10.9. The minimum Gasteiger partial charge on any atom is -0.481 e. The fraction of sp³-hybridized carbons (Fsp3) is 0.750. The van der Waals surface area contributed by atoms with E-state index in [1.54, 1.807) is 0 Å². The number of carboxylic acid groups (broad SMARTS) is 1. The molecule has 0 aromatic rings. The fourth-order valence-corrected chi connectivity index (χ4v) is 0.777. The van der Waals surface area contributed by atoms with Gasteiger partial charge in [0.15, 0.2) is 0 Å². The van der Waals surface area contributed by atoms with Crippen LogP contribution < -0.4 is 0 Å². The van der Waals surface area contributed by atoms with Gasteiger partial charge in [0.05, 0.1) is 6.61 Å². The largest absolute Gasteiger partial charge is 0.481 e. The molecule has 6 nitrogen and oxygen atoms in total. The summed E-state index contributed by atoms with van der Waals surface area (Å²) < 4.78 is 4.56. The van der Waals surface area contributed by atoms with Crippen molar-refractivity contribution in [3.8, 4) is 0 Å². The van der Waals surface area contributed by atoms with Crippen LogP contribution in [0.4, 0.5) is 0 Å². The van der Waals surface area contributed by atoms with Crippen molar-refractivity contribution in [1.82, 2.24) is 0 Å². The molecule has 0 amide bonds. The van der Waals surface area contributed by atoms with Gasteiger partial charge in [0.1, 0.15) is 6.61 Å². The van der Waals surface area contributed by atoms with Crippen LogP contribution in [0.2, 0.25) is 0 Å². The summed E-state index contributed by atoms with van der Waals surface area (Å²) in [4.78, 5) is 20.8. The predicted octanol–water partition coefficient (Wildman–Crippen LogP) is -0.658. The highest BCUT2D eigenvalue weighted by Gasteiger charge is 2.03. The Balaban J connectivity index is 0. The van der Waals surface area contributed by atoms with E-state index in [1.165, 1.54) is 0 Å². The van der Waals surface area contributed by atoms with Gasteiger partial charge in [0.2, 0.25) is 0 Å². The van der Waals surface area contributed by atoms with Crippen LogP contribution in [0.25, 0.3) is 0 Å². The Labute approximate surface area is 81.8 Å². The van der Waals surface area contributed by atoms with Gasteiger partial charge in [-0.3, -0.25) is 9.59 Å². The van der Waals surface area contributed by atoms with E-state index < -0.39 is 5.97 Å². The van der Waals surface area contributed by atoms with Gasteiger partial charge in [0, 0.05) is 12.8 Å². The molecule has 0 aliphatic carbocycles. The Bertz CT molecular complexity index is 167. The number of esters is 1. The maximum atomic E-state index is 10.8. The summed E-state index contributed by atoms with van der Waals surface area (Å²) in [6.45, 7) is -0.168. The quantitative estimate of drug-likeness (QED) is 0.425. The summed E-state index contributed by atoms with van der Waals surface area (Å²) in [6, 6.07) is 0. The van der Waals surface area contributed by atoms with E-state index in [9.17, 15) is 9.59 Å². The minimum absolute atomic E-state index is 0. The van der Waals surface area contributed by atoms with E-state index in [2.05, 4.69) is 4.74 Å². The average molecular weight is 208 g/mol. The van der Waals surface area contributed by atoms with E-state index in [4.69, 9.17) is 10.2 Å². The van der Waals surface area contributed by atoms with Crippen LogP contribution in [0.5, 0.6) is 0 Å². The number of carboxylic acids is 1. The van der Waals surface area contributed by atoms with Gasteiger partial charge in [-0.15, -0.1) is 0 Å². The van der Waals surface area contributed by atoms with Crippen LogP contribution in [0.1, 0.15) is 25.7 Å². The lowest BCUT2D eigenvalue weighted by Crippen LogP contribution is -2.08. The molecule has 84 valence electrons. The van der Waals surface area contributed by atoms with Gasteiger partial charge in [-0.1, -0.05) is 0 Å². The van der Waals surface area contributed by atoms with Gasteiger partial charge in [-0.25, -0.2) is 0 Å². The SMILES string of the molecule is O.O=C(O)CCCCC(=O)OCCO. The van der Waals surface area contributed by atoms with Crippen molar-refractivity contribution < 1.29 is 30.0 Å². The van der Waals surface area contributed by atoms with Crippen molar-refractivity contribution in [3.05, 3.63) is 0 Å². The topological polar surface area (TPSA) is 115 Å². The number of aliphatic hydroxyl groups excluding tert-OH is 1. The van der Waals surface area contributed by atoms with Crippen molar-refractivity contribution in [2.45, 2.75) is 25.7 Å². The zero-order valence-electron chi connectivity index (χ0n) is 7.86. The first-order chi connectivity index (χ1) is 6.16. The molecule has 0 spiro atoms. The standard InChI is InChI=1S/C8H14O5.H2O/c9-5-6-13-8(12)4-2-1-3-7(10)11;/h9H,1-6H2,(H,10,11);1H2. The van der Waals surface area contributed by atoms with Gasteiger partial charge in [-0.2, -0.15) is 0 Å². The Morgan fingerprint density at radius 1 is 1.14 bits per heavy atom. The molecule has 0 saturated heterocycles. The average Bonchev–Trinajstić information content (AvgIpc) is 2.08. The maximum absolute atomic E-state index is 10.8. The molecule has 0 unspecified atom stereocenters. The lowest BCUT2D eigenvalue weighted by Gasteiger charge is -2.01. The third-order valence-electron chi connectivity index (χ3n) is 1.38. The second-order valence-electron chi connectivity index (χ2n) is 2.54. The number of carbonyl (C=O) groups excluding carboxylic acids is 1. The number of aliphatic carboxylic acids is 1. The summed E-state index contributed by atoms with van der Waals surface area (Å²) in [5.74, 6) is -1.25. The van der Waals surface area contributed by atoms with Crippen molar-refractivity contribution in [2.75, 3.05) is 13.2 Å². The first-order valence-corrected chi connectivity index (χ1v) is 4.15. The van der Waals surface area contributed by atoms with Gasteiger partial charge < -0.3 is 20.4 Å². The van der Waals surface area contributed by atoms with Gasteiger partial charge in [0.25, 0.3) is 0 Å². The van der Waals surface area contributed by atoms with Crippen LogP contribution in [0.15, 0.2) is 0 Å². The lowest BCUT2D eigenvalue weighted by molar-refractivity contribution is -0.145. The maximum Gasteiger partial charge on any atom is 0.305 e. The number of unbranched alkanes of at least 4 members (excludes halogenated alkanes) is 1. The molecular weight excluding hydrogens is 192 g/mol. The summed E-state index contributed by atoms with van der Waals surface area (Å²) >= 11 is 0. The molecule has 0 aromatic heterocycles. The van der Waals surface area contributed by atoms with Gasteiger partial charge >= 0.3 is 11.9 Å². The van der Waals surface area contributed by atoms with E-state index >= 15 is 0 Å². The molecule has 6 heteroatoms. The number of hydrogen-bond acceptors (Lipinski definition) is 4. The second-order valence-corrected chi connectivity index (χ2v) is 2.54. The number of carbonyl (C=O) groups is 2. The molecule has 0 aliphatic heterocycles. The van der Waals surface area contributed by atoms with E-state index in [0.717, 1.165) is 0 Å². The minimum atomic E-state index is -0.858. The monoisotopic (exact) mass is 208 g/mol. The van der Waals surface area contributed by atoms with Crippen LogP contribution in [-0.4, -0.2) is 40.8 Å². The highest BCUT2D eigenvalue weighted by molar-refractivity contribution is 5.69. The smallest absolute Gasteiger partial charge is 0.305 e. The summed E-state index contributed by atoms with van der Waals surface area (Å²) in [5.41, 5.74) is 0. The Morgan fingerprint density at radius 3 is 2.21 bits per heavy atom. The van der Waals surface area contributed by atoms with Crippen LogP contribution in [0.3, 0.4) is 0 Å². The lowest BCUT2D eigenvalue weighted by atomic mass is 10.2. The molecule has 0 fully saturated rings. The summed E-state index contributed by atoms with van der Waals surface area (Å²) in [6.07, 6.45) is 1.28. The predicted molar refractivity (Wildman–Crippen MR) is 47.8 cm³/mol. The van der Waals surface area contributed by atoms with E-state index in [0.29, 0.717) is 12.8 Å². The van der Waals surface area contributed by atoms with Gasteiger partial charge in [-0.05, 0) is 12.8 Å². The molecule has 0 radical (unpaired) electrons. The Hall–Kier alpha value is -1.14. The molecule has 0 saturated carbocycles. The van der Waals surface area contributed by atoms with Crippen LogP contribution in [0, 0.1) is 0 Å². The van der Waals surface area contributed by atoms with Crippen molar-refractivity contribution in [2.24, 2.45) is 0 Å². The molecule has 0 bridgehead atoms. The van der Waals surface area contributed by atoms with Crippen molar-refractivity contribution >= 4 is 11.9 Å². The highest BCUT2D eigenvalue weighted by atomic mass is 16.5. The van der Waals surface area contributed by atoms with Crippen molar-refractivity contribution in [1.29, 1.82) is 0 Å². The zero-order valence-corrected chi connectivity index (χ0v) is 7.86. The van der Waals surface area contributed by atoms with Crippen molar-refractivity contribution in [3.63, 3.8) is 0 Å². The Kier molecular flexibility index (Phi) is 10.9. The molecule has 0 aromatic carbocycles. The third-order valence-corrected chi connectivity index (χ3v) is 1.38. The van der Waals surface area contributed by atoms with Crippen LogP contribution >= 0.6 is 0 Å². The molecule has 4 N–H and O–H groups in total. The van der Waals surface area contributed by atoms with Crippen LogP contribution in [-0.2, 0) is 14.3 Å². The van der Waals surface area contributed by atoms with E-state index in [1.807, 2.05) is 0 Å². The highest BCUT2D eigenvalue weighted by Crippen LogP contribution is 2.00. The molecule has 0 atom stereocenters. The van der Waals surface area contributed by atoms with E-state index in [-0.39, 0.29) is 37.5 Å². The molecule has 0 rings (SSSR count). The first kappa shape index (κ1) is 15.3. The molecule has 0 heterocycles. The summed E-state index contributed by atoms with van der Waals surface area (Å²) in [7, 11) is 0. The second kappa shape index (κ2) is 9.94. The first-order valence-electron chi connectivity index (χ1n) is 4.15. The zero-order chi connectivity index (χ0) is 10.1. The number of ether oxygens (including phenoxy) is 1. The fourth-order valence-electron chi connectivity index (χ4n) is 0.777. The normalized spacial score (nSPS) is 8.93. The molecular formula is C8H16O6. The molecule has 14 heavy (non-hydrogen) atoms. The summed E-state index contributed by atoms with van der Waals surface area (Å²) in [5, 5.41) is 16.6. The molecule has 0 aliphatic rings.